The number of aromatic nitrogens is 2. The van der Waals surface area contributed by atoms with Gasteiger partial charge in [0.25, 0.3) is 5.56 Å². The molecule has 1 aromatic carbocycles. The molecule has 0 fully saturated rings. The summed E-state index contributed by atoms with van der Waals surface area (Å²) in [4.78, 5) is 19.8. The Morgan fingerprint density at radius 1 is 1.33 bits per heavy atom. The number of thiophene rings is 1. The number of aryl methyl sites for hydroxylation is 2. The van der Waals surface area contributed by atoms with Crippen molar-refractivity contribution in [3.05, 3.63) is 63.8 Å². The van der Waals surface area contributed by atoms with Gasteiger partial charge in [-0.25, -0.2) is 4.98 Å². The molecule has 0 unspecified atom stereocenters. The number of hydrogen-bond donors (Lipinski definition) is 3. The molecule has 0 saturated heterocycles. The van der Waals surface area contributed by atoms with Gasteiger partial charge in [-0.05, 0) is 49.2 Å². The molecule has 138 valence electrons. The molecule has 1 aliphatic carbocycles. The number of nitrogens with one attached hydrogen (secondary N) is 3. The van der Waals surface area contributed by atoms with Crippen LogP contribution in [0.5, 0.6) is 0 Å². The number of para-hydroxylation sites is 1. The van der Waals surface area contributed by atoms with Gasteiger partial charge < -0.3 is 5.32 Å². The first-order valence-corrected chi connectivity index (χ1v) is 9.94. The standard InChI is InChI=1S/C19H19N5OS2/c1-2-11-24-17(25)15-13-9-6-10-14(13)27-16(15)21-18(24)22-23-19(26)20-12-7-4-3-5-8-12/h2-5,7-8H,1,6,9-11H2,(H,21,22)(H2,20,23,26). The summed E-state index contributed by atoms with van der Waals surface area (Å²) in [5.74, 6) is 0.421. The third-order valence-corrected chi connectivity index (χ3v) is 5.85. The maximum atomic E-state index is 13.1. The van der Waals surface area contributed by atoms with Crippen molar-refractivity contribution in [2.45, 2.75) is 25.8 Å². The molecule has 3 aromatic rings. The van der Waals surface area contributed by atoms with E-state index >= 15 is 0 Å². The lowest BCUT2D eigenvalue weighted by atomic mass is 10.2. The number of nitrogens with zero attached hydrogens (tertiary/aromatic N) is 2. The molecule has 0 bridgehead atoms. The Balaban J connectivity index is 1.61. The van der Waals surface area contributed by atoms with E-state index in [2.05, 4.69) is 27.7 Å². The molecule has 0 spiro atoms. The number of hydrogen-bond acceptors (Lipinski definition) is 5. The smallest absolute Gasteiger partial charge is 0.264 e. The summed E-state index contributed by atoms with van der Waals surface area (Å²) in [5.41, 5.74) is 7.89. The van der Waals surface area contributed by atoms with Crippen LogP contribution in [0, 0.1) is 0 Å². The number of anilines is 2. The molecule has 3 N–H and O–H groups in total. The Bertz CT molecular complexity index is 1070. The van der Waals surface area contributed by atoms with Crippen LogP contribution in [-0.4, -0.2) is 14.7 Å². The summed E-state index contributed by atoms with van der Waals surface area (Å²) in [7, 11) is 0. The normalized spacial score (nSPS) is 12.6. The molecule has 0 amide bonds. The van der Waals surface area contributed by atoms with Gasteiger partial charge in [-0.2, -0.15) is 0 Å². The molecule has 0 radical (unpaired) electrons. The highest BCUT2D eigenvalue weighted by Gasteiger charge is 2.23. The van der Waals surface area contributed by atoms with E-state index in [9.17, 15) is 4.79 Å². The predicted molar refractivity (Wildman–Crippen MR) is 116 cm³/mol. The second-order valence-corrected chi connectivity index (χ2v) is 7.74. The van der Waals surface area contributed by atoms with Crippen molar-refractivity contribution in [2.75, 3.05) is 10.7 Å². The summed E-state index contributed by atoms with van der Waals surface area (Å²) >= 11 is 6.92. The number of hydrazine groups is 1. The Labute approximate surface area is 165 Å². The molecule has 2 aromatic heterocycles. The molecular formula is C19H19N5OS2. The van der Waals surface area contributed by atoms with Gasteiger partial charge in [0.15, 0.2) is 5.11 Å². The molecule has 4 rings (SSSR count). The lowest BCUT2D eigenvalue weighted by Crippen LogP contribution is -2.36. The van der Waals surface area contributed by atoms with Gasteiger partial charge >= 0.3 is 0 Å². The summed E-state index contributed by atoms with van der Waals surface area (Å²) in [6, 6.07) is 9.61. The van der Waals surface area contributed by atoms with E-state index in [1.807, 2.05) is 30.3 Å². The Hall–Kier alpha value is -2.71. The minimum absolute atomic E-state index is 0.0365. The quantitative estimate of drug-likeness (QED) is 0.348. The van der Waals surface area contributed by atoms with Crippen LogP contribution < -0.4 is 21.7 Å². The van der Waals surface area contributed by atoms with E-state index in [0.29, 0.717) is 17.6 Å². The third-order valence-electron chi connectivity index (χ3n) is 4.46. The first-order chi connectivity index (χ1) is 13.2. The maximum absolute atomic E-state index is 13.1. The number of thiocarbonyl (C=S) groups is 1. The van der Waals surface area contributed by atoms with Crippen LogP contribution >= 0.6 is 23.6 Å². The van der Waals surface area contributed by atoms with Crippen LogP contribution in [0.2, 0.25) is 0 Å². The molecule has 0 aliphatic heterocycles. The van der Waals surface area contributed by atoms with Gasteiger partial charge in [-0.15, -0.1) is 17.9 Å². The van der Waals surface area contributed by atoms with Gasteiger partial charge in [-0.3, -0.25) is 20.2 Å². The zero-order valence-electron chi connectivity index (χ0n) is 14.6. The topological polar surface area (TPSA) is 71.0 Å². The van der Waals surface area contributed by atoms with Crippen molar-refractivity contribution in [2.24, 2.45) is 0 Å². The highest BCUT2D eigenvalue weighted by atomic mass is 32.1. The van der Waals surface area contributed by atoms with Crippen LogP contribution in [0.25, 0.3) is 10.2 Å². The van der Waals surface area contributed by atoms with Crippen LogP contribution in [0.4, 0.5) is 11.6 Å². The van der Waals surface area contributed by atoms with Crippen molar-refractivity contribution in [3.8, 4) is 0 Å². The second-order valence-electron chi connectivity index (χ2n) is 6.25. The van der Waals surface area contributed by atoms with Crippen molar-refractivity contribution in [1.82, 2.24) is 15.0 Å². The second kappa shape index (κ2) is 7.50. The molecule has 0 atom stereocenters. The van der Waals surface area contributed by atoms with Gasteiger partial charge in [0.2, 0.25) is 5.95 Å². The van der Waals surface area contributed by atoms with Crippen molar-refractivity contribution < 1.29 is 0 Å². The third kappa shape index (κ3) is 3.45. The van der Waals surface area contributed by atoms with Gasteiger partial charge in [0.05, 0.1) is 5.39 Å². The summed E-state index contributed by atoms with van der Waals surface area (Å²) in [6.07, 6.45) is 4.78. The van der Waals surface area contributed by atoms with E-state index in [1.165, 1.54) is 10.4 Å². The molecule has 2 heterocycles. The minimum atomic E-state index is -0.0365. The molecule has 27 heavy (non-hydrogen) atoms. The van der Waals surface area contributed by atoms with Gasteiger partial charge in [0.1, 0.15) is 4.83 Å². The van der Waals surface area contributed by atoms with Crippen molar-refractivity contribution in [1.29, 1.82) is 0 Å². The van der Waals surface area contributed by atoms with Crippen molar-refractivity contribution in [3.63, 3.8) is 0 Å². The Kier molecular flexibility index (Phi) is 4.91. The number of fused-ring (bicyclic) bond motifs is 3. The highest BCUT2D eigenvalue weighted by Crippen LogP contribution is 2.35. The maximum Gasteiger partial charge on any atom is 0.264 e. The molecular weight excluding hydrogens is 378 g/mol. The molecule has 6 nitrogen and oxygen atoms in total. The number of benzene rings is 1. The van der Waals surface area contributed by atoms with Crippen LogP contribution in [0.3, 0.4) is 0 Å². The SMILES string of the molecule is C=CCn1c(NNC(=S)Nc2ccccc2)nc2sc3c(c2c1=O)CCC3. The van der Waals surface area contributed by atoms with E-state index in [1.54, 1.807) is 22.0 Å². The largest absolute Gasteiger partial charge is 0.331 e. The fourth-order valence-corrected chi connectivity index (χ4v) is 4.69. The minimum Gasteiger partial charge on any atom is -0.331 e. The monoisotopic (exact) mass is 397 g/mol. The van der Waals surface area contributed by atoms with Crippen LogP contribution in [-0.2, 0) is 19.4 Å². The van der Waals surface area contributed by atoms with Crippen LogP contribution in [0.1, 0.15) is 16.9 Å². The zero-order valence-corrected chi connectivity index (χ0v) is 16.3. The van der Waals surface area contributed by atoms with Gasteiger partial charge in [0, 0.05) is 17.1 Å². The highest BCUT2D eigenvalue weighted by molar-refractivity contribution is 7.80. The molecule has 1 aliphatic rings. The fraction of sp³-hybridized carbons (Fsp3) is 0.211. The zero-order chi connectivity index (χ0) is 18.8. The van der Waals surface area contributed by atoms with Crippen LogP contribution in [0.15, 0.2) is 47.8 Å². The summed E-state index contributed by atoms with van der Waals surface area (Å²) < 4.78 is 1.58. The number of allylic oxidation sites excluding steroid dienone is 1. The lowest BCUT2D eigenvalue weighted by Gasteiger charge is -2.15. The lowest BCUT2D eigenvalue weighted by molar-refractivity contribution is 0.766. The Morgan fingerprint density at radius 3 is 2.93 bits per heavy atom. The summed E-state index contributed by atoms with van der Waals surface area (Å²) in [5, 5.41) is 4.21. The van der Waals surface area contributed by atoms with Crippen molar-refractivity contribution >= 4 is 50.5 Å². The van der Waals surface area contributed by atoms with E-state index < -0.39 is 0 Å². The molecule has 8 heteroatoms. The summed E-state index contributed by atoms with van der Waals surface area (Å²) in [6.45, 7) is 4.13. The Morgan fingerprint density at radius 2 is 2.15 bits per heavy atom. The predicted octanol–water partition coefficient (Wildman–Crippen LogP) is 3.45. The average Bonchev–Trinajstić information content (AvgIpc) is 3.24. The van der Waals surface area contributed by atoms with E-state index in [-0.39, 0.29) is 5.56 Å². The first-order valence-electron chi connectivity index (χ1n) is 8.71. The fourth-order valence-electron chi connectivity index (χ4n) is 3.27. The van der Waals surface area contributed by atoms with E-state index in [0.717, 1.165) is 35.2 Å². The van der Waals surface area contributed by atoms with E-state index in [4.69, 9.17) is 12.2 Å². The van der Waals surface area contributed by atoms with Gasteiger partial charge in [-0.1, -0.05) is 24.3 Å². The molecule has 0 saturated carbocycles. The number of rotatable bonds is 5. The first kappa shape index (κ1) is 17.7. The average molecular weight is 398 g/mol.